The van der Waals surface area contributed by atoms with Crippen LogP contribution in [0.4, 0.5) is 0 Å². The van der Waals surface area contributed by atoms with Gasteiger partial charge in [0.25, 0.3) is 0 Å². The summed E-state index contributed by atoms with van der Waals surface area (Å²) in [6, 6.07) is 17.3. The van der Waals surface area contributed by atoms with Crippen LogP contribution in [0, 0.1) is 13.8 Å². The lowest BCUT2D eigenvalue weighted by Gasteiger charge is -2.10. The molecule has 2 N–H and O–H groups in total. The highest BCUT2D eigenvalue weighted by Gasteiger charge is 2.16. The minimum absolute atomic E-state index is 0.656. The van der Waals surface area contributed by atoms with E-state index in [9.17, 15) is 0 Å². The number of benzene rings is 1. The Morgan fingerprint density at radius 3 is 2.46 bits per heavy atom. The van der Waals surface area contributed by atoms with Crippen molar-refractivity contribution in [2.75, 3.05) is 13.1 Å². The lowest BCUT2D eigenvalue weighted by Crippen LogP contribution is -2.07. The van der Waals surface area contributed by atoms with Crippen LogP contribution in [0.2, 0.25) is 0 Å². The molecule has 1 aliphatic rings. The molecular weight excluding hydrogens is 294 g/mol. The first-order valence-corrected chi connectivity index (χ1v) is 8.65. The molecule has 0 saturated carbocycles. The summed E-state index contributed by atoms with van der Waals surface area (Å²) in [7, 11) is 0. The molecule has 3 heterocycles. The van der Waals surface area contributed by atoms with Crippen molar-refractivity contribution >= 4 is 0 Å². The number of rotatable bonds is 3. The number of H-pyrrole nitrogens is 1. The van der Waals surface area contributed by atoms with E-state index in [1.165, 1.54) is 34.5 Å². The fourth-order valence-electron chi connectivity index (χ4n) is 3.60. The number of hydrogen-bond acceptors (Lipinski definition) is 2. The Morgan fingerprint density at radius 2 is 1.79 bits per heavy atom. The molecule has 1 fully saturated rings. The SMILES string of the molecule is Cc1cc(-c2cccc(-c3ccc(C4CCNC4)cc3)n2)c(C)[nH]1. The maximum atomic E-state index is 4.88. The molecular formula is C21H23N3. The zero-order chi connectivity index (χ0) is 16.5. The van der Waals surface area contributed by atoms with Gasteiger partial charge in [-0.3, -0.25) is 0 Å². The van der Waals surface area contributed by atoms with Crippen molar-refractivity contribution in [1.29, 1.82) is 0 Å². The fraction of sp³-hybridized carbons (Fsp3) is 0.286. The zero-order valence-corrected chi connectivity index (χ0v) is 14.3. The first kappa shape index (κ1) is 15.2. The first-order chi connectivity index (χ1) is 11.7. The number of aromatic nitrogens is 2. The van der Waals surface area contributed by atoms with Crippen molar-refractivity contribution in [3.8, 4) is 22.5 Å². The van der Waals surface area contributed by atoms with Crippen LogP contribution in [0.25, 0.3) is 22.5 Å². The van der Waals surface area contributed by atoms with Gasteiger partial charge in [-0.05, 0) is 56.5 Å². The van der Waals surface area contributed by atoms with Crippen LogP contribution in [-0.4, -0.2) is 23.1 Å². The van der Waals surface area contributed by atoms with Gasteiger partial charge in [0.2, 0.25) is 0 Å². The standard InChI is InChI=1S/C21H23N3/c1-14-12-19(15(2)23-14)21-5-3-4-20(24-21)17-8-6-16(7-9-17)18-10-11-22-13-18/h3-9,12,18,22-23H,10-11,13H2,1-2H3. The third-order valence-electron chi connectivity index (χ3n) is 4.91. The molecule has 0 bridgehead atoms. The summed E-state index contributed by atoms with van der Waals surface area (Å²) in [6.45, 7) is 6.41. The molecule has 1 saturated heterocycles. The van der Waals surface area contributed by atoms with E-state index in [4.69, 9.17) is 4.98 Å². The molecule has 3 nitrogen and oxygen atoms in total. The van der Waals surface area contributed by atoms with Gasteiger partial charge in [0.05, 0.1) is 11.4 Å². The van der Waals surface area contributed by atoms with Crippen molar-refractivity contribution < 1.29 is 0 Å². The van der Waals surface area contributed by atoms with E-state index in [2.05, 4.69) is 72.7 Å². The summed E-state index contributed by atoms with van der Waals surface area (Å²) in [6.07, 6.45) is 1.24. The lowest BCUT2D eigenvalue weighted by molar-refractivity contribution is 0.763. The predicted molar refractivity (Wildman–Crippen MR) is 99.2 cm³/mol. The quantitative estimate of drug-likeness (QED) is 0.750. The van der Waals surface area contributed by atoms with Crippen LogP contribution in [0.1, 0.15) is 29.3 Å². The summed E-state index contributed by atoms with van der Waals surface area (Å²) < 4.78 is 0. The number of aromatic amines is 1. The molecule has 3 heteroatoms. The molecule has 24 heavy (non-hydrogen) atoms. The van der Waals surface area contributed by atoms with Crippen molar-refractivity contribution in [2.45, 2.75) is 26.2 Å². The highest BCUT2D eigenvalue weighted by Crippen LogP contribution is 2.28. The van der Waals surface area contributed by atoms with Gasteiger partial charge in [0.1, 0.15) is 0 Å². The van der Waals surface area contributed by atoms with Crippen LogP contribution in [0.5, 0.6) is 0 Å². The Morgan fingerprint density at radius 1 is 1.00 bits per heavy atom. The molecule has 1 unspecified atom stereocenters. The van der Waals surface area contributed by atoms with Gasteiger partial charge in [0, 0.05) is 29.1 Å². The second kappa shape index (κ2) is 6.25. The van der Waals surface area contributed by atoms with Crippen LogP contribution >= 0.6 is 0 Å². The van der Waals surface area contributed by atoms with E-state index in [0.29, 0.717) is 5.92 Å². The topological polar surface area (TPSA) is 40.7 Å². The van der Waals surface area contributed by atoms with Gasteiger partial charge in [-0.1, -0.05) is 30.3 Å². The smallest absolute Gasteiger partial charge is 0.0727 e. The highest BCUT2D eigenvalue weighted by molar-refractivity contribution is 5.68. The summed E-state index contributed by atoms with van der Waals surface area (Å²) in [4.78, 5) is 8.24. The monoisotopic (exact) mass is 317 g/mol. The maximum absolute atomic E-state index is 4.88. The molecule has 2 aromatic heterocycles. The van der Waals surface area contributed by atoms with Gasteiger partial charge in [-0.2, -0.15) is 0 Å². The third kappa shape index (κ3) is 2.87. The summed E-state index contributed by atoms with van der Waals surface area (Å²) in [5.74, 6) is 0.656. The van der Waals surface area contributed by atoms with Crippen molar-refractivity contribution in [3.63, 3.8) is 0 Å². The molecule has 122 valence electrons. The molecule has 0 aliphatic carbocycles. The normalized spacial score (nSPS) is 17.3. The minimum atomic E-state index is 0.656. The number of nitrogens with zero attached hydrogens (tertiary/aromatic N) is 1. The van der Waals surface area contributed by atoms with Crippen LogP contribution < -0.4 is 5.32 Å². The number of hydrogen-bond donors (Lipinski definition) is 2. The van der Waals surface area contributed by atoms with Gasteiger partial charge in [0.15, 0.2) is 0 Å². The molecule has 0 spiro atoms. The van der Waals surface area contributed by atoms with Crippen LogP contribution in [-0.2, 0) is 0 Å². The summed E-state index contributed by atoms with van der Waals surface area (Å²) >= 11 is 0. The Kier molecular flexibility index (Phi) is 3.95. The Labute approximate surface area is 143 Å². The zero-order valence-electron chi connectivity index (χ0n) is 14.3. The Bertz CT molecular complexity index is 840. The molecule has 0 radical (unpaired) electrons. The number of nitrogens with one attached hydrogen (secondary N) is 2. The third-order valence-corrected chi connectivity index (χ3v) is 4.91. The average Bonchev–Trinajstić information content (AvgIpc) is 3.25. The predicted octanol–water partition coefficient (Wildman–Crippen LogP) is 4.44. The summed E-state index contributed by atoms with van der Waals surface area (Å²) in [5, 5.41) is 3.43. The van der Waals surface area contributed by atoms with Crippen LogP contribution in [0.15, 0.2) is 48.5 Å². The van der Waals surface area contributed by atoms with Crippen LogP contribution in [0.3, 0.4) is 0 Å². The first-order valence-electron chi connectivity index (χ1n) is 8.65. The second-order valence-electron chi connectivity index (χ2n) is 6.71. The second-order valence-corrected chi connectivity index (χ2v) is 6.71. The maximum Gasteiger partial charge on any atom is 0.0727 e. The van der Waals surface area contributed by atoms with E-state index in [1.807, 2.05) is 0 Å². The van der Waals surface area contributed by atoms with Crippen molar-refractivity contribution in [3.05, 3.63) is 65.5 Å². The Hall–Kier alpha value is -2.39. The largest absolute Gasteiger partial charge is 0.362 e. The Balaban J connectivity index is 1.64. The fourth-order valence-corrected chi connectivity index (χ4v) is 3.60. The molecule has 1 atom stereocenters. The summed E-state index contributed by atoms with van der Waals surface area (Å²) in [5.41, 5.74) is 8.18. The average molecular weight is 317 g/mol. The molecule has 4 rings (SSSR count). The van der Waals surface area contributed by atoms with E-state index >= 15 is 0 Å². The number of pyridine rings is 1. The van der Waals surface area contributed by atoms with Crippen molar-refractivity contribution in [2.24, 2.45) is 0 Å². The van der Waals surface area contributed by atoms with Gasteiger partial charge in [-0.25, -0.2) is 4.98 Å². The molecule has 1 aromatic carbocycles. The van der Waals surface area contributed by atoms with Gasteiger partial charge >= 0.3 is 0 Å². The lowest BCUT2D eigenvalue weighted by atomic mass is 9.96. The highest BCUT2D eigenvalue weighted by atomic mass is 14.9. The molecule has 1 aliphatic heterocycles. The van der Waals surface area contributed by atoms with Crippen molar-refractivity contribution in [1.82, 2.24) is 15.3 Å². The van der Waals surface area contributed by atoms with E-state index in [-0.39, 0.29) is 0 Å². The molecule has 3 aromatic rings. The van der Waals surface area contributed by atoms with E-state index in [1.54, 1.807) is 0 Å². The minimum Gasteiger partial charge on any atom is -0.362 e. The van der Waals surface area contributed by atoms with Gasteiger partial charge in [-0.15, -0.1) is 0 Å². The van der Waals surface area contributed by atoms with Gasteiger partial charge < -0.3 is 10.3 Å². The van der Waals surface area contributed by atoms with E-state index < -0.39 is 0 Å². The van der Waals surface area contributed by atoms with E-state index in [0.717, 1.165) is 24.5 Å². The molecule has 0 amide bonds. The number of aryl methyl sites for hydroxylation is 2.